The lowest BCUT2D eigenvalue weighted by Gasteiger charge is -2.34. The van der Waals surface area contributed by atoms with Gasteiger partial charge in [0.2, 0.25) is 0 Å². The van der Waals surface area contributed by atoms with Gasteiger partial charge in [-0.15, -0.1) is 0 Å². The summed E-state index contributed by atoms with van der Waals surface area (Å²) in [7, 11) is -2.92. The molecule has 0 aromatic carbocycles. The molecule has 1 aliphatic heterocycles. The third-order valence-corrected chi connectivity index (χ3v) is 5.72. The zero-order valence-electron chi connectivity index (χ0n) is 17.4. The standard InChI is InChI=1S/C19H40N4O2S/c1-6-20-19(22-18(4)9-12-26(5,24)25)21-10-7-8-11-23-14-16(2)13-17(3)15-23/h16-18H,6-15H2,1-5H3,(H2,20,21,22). The number of aliphatic imine (C=N–C) groups is 1. The van der Waals surface area contributed by atoms with Crippen LogP contribution in [0.3, 0.4) is 0 Å². The molecule has 3 atom stereocenters. The van der Waals surface area contributed by atoms with Crippen LogP contribution in [-0.2, 0) is 9.84 Å². The molecule has 0 bridgehead atoms. The normalized spacial score (nSPS) is 23.7. The van der Waals surface area contributed by atoms with Gasteiger partial charge in [-0.2, -0.15) is 0 Å². The number of likely N-dealkylation sites (tertiary alicyclic amines) is 1. The van der Waals surface area contributed by atoms with Crippen molar-refractivity contribution in [1.29, 1.82) is 0 Å². The molecule has 1 saturated heterocycles. The fraction of sp³-hybridized carbons (Fsp3) is 0.947. The van der Waals surface area contributed by atoms with Gasteiger partial charge in [-0.05, 0) is 57.9 Å². The van der Waals surface area contributed by atoms with E-state index in [-0.39, 0.29) is 11.8 Å². The van der Waals surface area contributed by atoms with E-state index in [0.29, 0.717) is 6.42 Å². The Labute approximate surface area is 161 Å². The van der Waals surface area contributed by atoms with E-state index < -0.39 is 9.84 Å². The van der Waals surface area contributed by atoms with E-state index in [1.54, 1.807) is 0 Å². The number of hydrogen-bond acceptors (Lipinski definition) is 4. The van der Waals surface area contributed by atoms with E-state index in [2.05, 4.69) is 34.4 Å². The summed E-state index contributed by atoms with van der Waals surface area (Å²) < 4.78 is 22.6. The van der Waals surface area contributed by atoms with Crippen LogP contribution in [0.15, 0.2) is 4.99 Å². The molecule has 1 fully saturated rings. The molecule has 6 nitrogen and oxygen atoms in total. The topological polar surface area (TPSA) is 73.8 Å². The summed E-state index contributed by atoms with van der Waals surface area (Å²) in [6, 6.07) is 0.0823. The highest BCUT2D eigenvalue weighted by atomic mass is 32.2. The van der Waals surface area contributed by atoms with Gasteiger partial charge in [0.05, 0.1) is 5.75 Å². The van der Waals surface area contributed by atoms with Crippen molar-refractivity contribution in [2.45, 2.75) is 59.4 Å². The minimum Gasteiger partial charge on any atom is -0.357 e. The predicted octanol–water partition coefficient (Wildman–Crippen LogP) is 2.12. The average Bonchev–Trinajstić information content (AvgIpc) is 2.51. The summed E-state index contributed by atoms with van der Waals surface area (Å²) in [6.07, 6.45) is 5.48. The Morgan fingerprint density at radius 3 is 2.46 bits per heavy atom. The summed E-state index contributed by atoms with van der Waals surface area (Å²) in [5.74, 6) is 2.62. The molecule has 0 spiro atoms. The second kappa shape index (κ2) is 11.8. The Balaban J connectivity index is 2.30. The van der Waals surface area contributed by atoms with Crippen LogP contribution in [0.25, 0.3) is 0 Å². The molecule has 0 amide bonds. The van der Waals surface area contributed by atoms with Gasteiger partial charge < -0.3 is 15.5 Å². The quantitative estimate of drug-likeness (QED) is 0.341. The van der Waals surface area contributed by atoms with Gasteiger partial charge in [0.1, 0.15) is 9.84 Å². The van der Waals surface area contributed by atoms with Crippen LogP contribution in [0, 0.1) is 11.8 Å². The van der Waals surface area contributed by atoms with E-state index in [0.717, 1.165) is 37.3 Å². The number of rotatable bonds is 10. The zero-order valence-corrected chi connectivity index (χ0v) is 18.2. The zero-order chi connectivity index (χ0) is 19.6. The molecule has 0 aromatic heterocycles. The van der Waals surface area contributed by atoms with Gasteiger partial charge in [0.15, 0.2) is 5.96 Å². The molecule has 1 aliphatic rings. The van der Waals surface area contributed by atoms with E-state index in [9.17, 15) is 8.42 Å². The van der Waals surface area contributed by atoms with E-state index in [4.69, 9.17) is 0 Å². The van der Waals surface area contributed by atoms with Gasteiger partial charge >= 0.3 is 0 Å². The summed E-state index contributed by atoms with van der Waals surface area (Å²) in [4.78, 5) is 7.23. The van der Waals surface area contributed by atoms with Gasteiger partial charge in [-0.25, -0.2) is 8.42 Å². The molecule has 0 aromatic rings. The number of guanidine groups is 1. The van der Waals surface area contributed by atoms with Crippen LogP contribution < -0.4 is 10.6 Å². The first kappa shape index (κ1) is 23.2. The lowest BCUT2D eigenvalue weighted by Crippen LogP contribution is -2.43. The van der Waals surface area contributed by atoms with Gasteiger partial charge in [-0.3, -0.25) is 4.99 Å². The van der Waals surface area contributed by atoms with Gasteiger partial charge in [0.25, 0.3) is 0 Å². The molecule has 0 radical (unpaired) electrons. The van der Waals surface area contributed by atoms with Crippen molar-refractivity contribution in [3.05, 3.63) is 0 Å². The number of unbranched alkanes of at least 4 members (excludes halogenated alkanes) is 1. The maximum Gasteiger partial charge on any atom is 0.191 e. The van der Waals surface area contributed by atoms with Gasteiger partial charge in [-0.1, -0.05) is 13.8 Å². The molecule has 1 heterocycles. The van der Waals surface area contributed by atoms with Crippen molar-refractivity contribution in [2.75, 3.05) is 44.7 Å². The predicted molar refractivity (Wildman–Crippen MR) is 112 cm³/mol. The Morgan fingerprint density at radius 2 is 1.88 bits per heavy atom. The molecule has 7 heteroatoms. The Morgan fingerprint density at radius 1 is 1.23 bits per heavy atom. The molecular formula is C19H40N4O2S. The van der Waals surface area contributed by atoms with Crippen LogP contribution in [0.5, 0.6) is 0 Å². The molecule has 2 N–H and O–H groups in total. The summed E-state index contributed by atoms with van der Waals surface area (Å²) in [5, 5.41) is 6.55. The second-order valence-electron chi connectivity index (χ2n) is 8.14. The minimum absolute atomic E-state index is 0.0823. The van der Waals surface area contributed by atoms with Crippen molar-refractivity contribution in [2.24, 2.45) is 16.8 Å². The Kier molecular flexibility index (Phi) is 10.5. The Hall–Kier alpha value is -0.820. The number of piperidine rings is 1. The number of sulfone groups is 1. The maximum atomic E-state index is 11.3. The third kappa shape index (κ3) is 11.0. The lowest BCUT2D eigenvalue weighted by atomic mass is 9.92. The molecule has 0 aliphatic carbocycles. The monoisotopic (exact) mass is 388 g/mol. The van der Waals surface area contributed by atoms with Crippen molar-refractivity contribution < 1.29 is 8.42 Å². The molecule has 0 saturated carbocycles. The summed E-state index contributed by atoms with van der Waals surface area (Å²) in [5.41, 5.74) is 0. The SMILES string of the molecule is CCNC(=NCCCCN1CC(C)CC(C)C1)NC(C)CCS(C)(=O)=O. The molecular weight excluding hydrogens is 348 g/mol. The largest absolute Gasteiger partial charge is 0.357 e. The smallest absolute Gasteiger partial charge is 0.191 e. The number of nitrogens with zero attached hydrogens (tertiary/aromatic N) is 2. The molecule has 154 valence electrons. The number of nitrogens with one attached hydrogen (secondary N) is 2. The summed E-state index contributed by atoms with van der Waals surface area (Å²) in [6.45, 7) is 14.0. The van der Waals surface area contributed by atoms with Crippen LogP contribution in [0.2, 0.25) is 0 Å². The van der Waals surface area contributed by atoms with Crippen LogP contribution in [-0.4, -0.2) is 70.1 Å². The highest BCUT2D eigenvalue weighted by Crippen LogP contribution is 2.20. The van der Waals surface area contributed by atoms with Crippen LogP contribution >= 0.6 is 0 Å². The van der Waals surface area contributed by atoms with E-state index in [1.165, 1.54) is 38.7 Å². The lowest BCUT2D eigenvalue weighted by molar-refractivity contribution is 0.139. The summed E-state index contributed by atoms with van der Waals surface area (Å²) >= 11 is 0. The van der Waals surface area contributed by atoms with E-state index in [1.807, 2.05) is 13.8 Å². The first-order valence-electron chi connectivity index (χ1n) is 10.1. The highest BCUT2D eigenvalue weighted by Gasteiger charge is 2.20. The van der Waals surface area contributed by atoms with E-state index >= 15 is 0 Å². The van der Waals surface area contributed by atoms with Gasteiger partial charge in [0, 0.05) is 38.5 Å². The maximum absolute atomic E-state index is 11.3. The third-order valence-electron chi connectivity index (χ3n) is 4.75. The fourth-order valence-electron chi connectivity index (χ4n) is 3.63. The van der Waals surface area contributed by atoms with Crippen molar-refractivity contribution in [3.8, 4) is 0 Å². The van der Waals surface area contributed by atoms with Crippen molar-refractivity contribution in [3.63, 3.8) is 0 Å². The first-order chi connectivity index (χ1) is 12.2. The molecule has 26 heavy (non-hydrogen) atoms. The minimum atomic E-state index is -2.92. The average molecular weight is 389 g/mol. The fourth-order valence-corrected chi connectivity index (χ4v) is 4.41. The Bertz CT molecular complexity index is 512. The molecule has 3 unspecified atom stereocenters. The molecule has 1 rings (SSSR count). The van der Waals surface area contributed by atoms with Crippen LogP contribution in [0.4, 0.5) is 0 Å². The highest BCUT2D eigenvalue weighted by molar-refractivity contribution is 7.90. The second-order valence-corrected chi connectivity index (χ2v) is 10.4. The van der Waals surface area contributed by atoms with Crippen molar-refractivity contribution in [1.82, 2.24) is 15.5 Å². The van der Waals surface area contributed by atoms with Crippen LogP contribution in [0.1, 0.15) is 53.4 Å². The first-order valence-corrected chi connectivity index (χ1v) is 12.2. The number of hydrogen-bond donors (Lipinski definition) is 2. The van der Waals surface area contributed by atoms with Crippen molar-refractivity contribution >= 4 is 15.8 Å².